The molecule has 31 heavy (non-hydrogen) atoms. The van der Waals surface area contributed by atoms with Gasteiger partial charge in [-0.3, -0.25) is 9.59 Å². The van der Waals surface area contributed by atoms with Crippen molar-refractivity contribution in [3.8, 4) is 11.4 Å². The number of benzene rings is 2. The molecule has 2 aromatic carbocycles. The van der Waals surface area contributed by atoms with Crippen LogP contribution in [0.3, 0.4) is 0 Å². The van der Waals surface area contributed by atoms with Crippen molar-refractivity contribution in [2.24, 2.45) is 0 Å². The first-order valence-electron chi connectivity index (χ1n) is 10.0. The molecule has 0 bridgehead atoms. The number of carbonyl (C=O) groups excluding carboxylic acids is 2. The molecule has 1 N–H and O–H groups in total. The van der Waals surface area contributed by atoms with Gasteiger partial charge in [0.1, 0.15) is 5.82 Å². The highest BCUT2D eigenvalue weighted by Crippen LogP contribution is 2.19. The summed E-state index contributed by atoms with van der Waals surface area (Å²) in [6.07, 6.45) is 1.19. The number of rotatable bonds is 8. The van der Waals surface area contributed by atoms with Crippen LogP contribution in [0.25, 0.3) is 11.4 Å². The first kappa shape index (κ1) is 22.1. The quantitative estimate of drug-likeness (QED) is 0.592. The fourth-order valence-electron chi connectivity index (χ4n) is 3.15. The lowest BCUT2D eigenvalue weighted by Gasteiger charge is -2.18. The van der Waals surface area contributed by atoms with E-state index < -0.39 is 0 Å². The molecule has 0 spiro atoms. The molecule has 3 rings (SSSR count). The molecule has 0 radical (unpaired) electrons. The number of anilines is 1. The zero-order valence-corrected chi connectivity index (χ0v) is 17.8. The Kier molecular flexibility index (Phi) is 7.12. The molecule has 1 heterocycles. The molecule has 0 aliphatic rings. The summed E-state index contributed by atoms with van der Waals surface area (Å²) in [5, 5.41) is 6.76. The number of amides is 2. The minimum absolute atomic E-state index is 0.0259. The van der Waals surface area contributed by atoms with Gasteiger partial charge < -0.3 is 14.7 Å². The lowest BCUT2D eigenvalue weighted by molar-refractivity contribution is -0.133. The summed E-state index contributed by atoms with van der Waals surface area (Å²) in [6.45, 7) is 3.83. The van der Waals surface area contributed by atoms with E-state index in [2.05, 4.69) is 15.5 Å². The normalized spacial score (nSPS) is 10.7. The molecule has 0 unspecified atom stereocenters. The Hall–Kier alpha value is -3.55. The first-order valence-corrected chi connectivity index (χ1v) is 10.0. The fraction of sp³-hybridized carbons (Fsp3) is 0.304. The van der Waals surface area contributed by atoms with E-state index in [4.69, 9.17) is 4.52 Å². The summed E-state index contributed by atoms with van der Waals surface area (Å²) in [4.78, 5) is 30.4. The van der Waals surface area contributed by atoms with Gasteiger partial charge in [-0.1, -0.05) is 23.4 Å². The van der Waals surface area contributed by atoms with Gasteiger partial charge in [0, 0.05) is 31.1 Å². The molecule has 0 aliphatic carbocycles. The molecule has 0 saturated heterocycles. The lowest BCUT2D eigenvalue weighted by atomic mass is 10.1. The summed E-state index contributed by atoms with van der Waals surface area (Å²) in [7, 11) is 1.60. The standard InChI is InChI=1S/C23H25FN4O3/c1-15-6-4-7-16(2)22(15)25-19(29)14-28(3)21(30)9-5-8-20-26-23(27-31-20)17-10-12-18(24)13-11-17/h4,6-7,10-13H,5,8-9,14H2,1-3H3,(H,25,29). The number of aromatic nitrogens is 2. The second-order valence-electron chi connectivity index (χ2n) is 7.44. The van der Waals surface area contributed by atoms with Crippen molar-refractivity contribution in [1.82, 2.24) is 15.0 Å². The van der Waals surface area contributed by atoms with Crippen molar-refractivity contribution in [2.75, 3.05) is 18.9 Å². The average Bonchev–Trinajstić information content (AvgIpc) is 3.20. The number of nitrogens with one attached hydrogen (secondary N) is 1. The molecule has 1 aromatic heterocycles. The van der Waals surface area contributed by atoms with Crippen LogP contribution >= 0.6 is 0 Å². The molecule has 0 atom stereocenters. The van der Waals surface area contributed by atoms with Gasteiger partial charge in [0.05, 0.1) is 6.54 Å². The minimum atomic E-state index is -0.335. The summed E-state index contributed by atoms with van der Waals surface area (Å²) in [6, 6.07) is 11.6. The minimum Gasteiger partial charge on any atom is -0.339 e. The van der Waals surface area contributed by atoms with E-state index in [0.717, 1.165) is 16.8 Å². The maximum Gasteiger partial charge on any atom is 0.243 e. The van der Waals surface area contributed by atoms with Gasteiger partial charge in [0.15, 0.2) is 0 Å². The van der Waals surface area contributed by atoms with Crippen LogP contribution in [-0.4, -0.2) is 40.4 Å². The van der Waals surface area contributed by atoms with Gasteiger partial charge in [-0.2, -0.15) is 4.98 Å². The van der Waals surface area contributed by atoms with E-state index in [1.165, 1.54) is 17.0 Å². The van der Waals surface area contributed by atoms with Crippen LogP contribution in [0, 0.1) is 19.7 Å². The average molecular weight is 424 g/mol. The molecular weight excluding hydrogens is 399 g/mol. The zero-order valence-electron chi connectivity index (χ0n) is 17.8. The summed E-state index contributed by atoms with van der Waals surface area (Å²) >= 11 is 0. The maximum atomic E-state index is 13.0. The molecule has 162 valence electrons. The number of nitrogens with zero attached hydrogens (tertiary/aromatic N) is 3. The number of likely N-dealkylation sites (N-methyl/N-ethyl adjacent to an activating group) is 1. The lowest BCUT2D eigenvalue weighted by Crippen LogP contribution is -2.35. The van der Waals surface area contributed by atoms with Crippen molar-refractivity contribution in [3.63, 3.8) is 0 Å². The molecule has 0 fully saturated rings. The van der Waals surface area contributed by atoms with Gasteiger partial charge in [-0.05, 0) is 55.7 Å². The molecule has 7 nitrogen and oxygen atoms in total. The number of carbonyl (C=O) groups is 2. The van der Waals surface area contributed by atoms with E-state index in [1.807, 2.05) is 32.0 Å². The van der Waals surface area contributed by atoms with E-state index in [1.54, 1.807) is 19.2 Å². The summed E-state index contributed by atoms with van der Waals surface area (Å²) in [5.74, 6) is 0.0611. The smallest absolute Gasteiger partial charge is 0.243 e. The third-order valence-electron chi connectivity index (χ3n) is 4.90. The van der Waals surface area contributed by atoms with Crippen molar-refractivity contribution in [2.45, 2.75) is 33.1 Å². The van der Waals surface area contributed by atoms with Gasteiger partial charge in [0.2, 0.25) is 23.5 Å². The second-order valence-corrected chi connectivity index (χ2v) is 7.44. The van der Waals surface area contributed by atoms with E-state index in [0.29, 0.717) is 30.1 Å². The van der Waals surface area contributed by atoms with E-state index in [-0.39, 0.29) is 30.6 Å². The second kappa shape index (κ2) is 9.97. The van der Waals surface area contributed by atoms with Crippen LogP contribution in [0.15, 0.2) is 47.0 Å². The highest BCUT2D eigenvalue weighted by Gasteiger charge is 2.15. The van der Waals surface area contributed by atoms with Crippen molar-refractivity contribution < 1.29 is 18.5 Å². The number of halogens is 1. The predicted molar refractivity (Wildman–Crippen MR) is 115 cm³/mol. The number of hydrogen-bond donors (Lipinski definition) is 1. The highest BCUT2D eigenvalue weighted by atomic mass is 19.1. The first-order chi connectivity index (χ1) is 14.8. The Morgan fingerprint density at radius 1 is 1.10 bits per heavy atom. The van der Waals surface area contributed by atoms with Crippen molar-refractivity contribution >= 4 is 17.5 Å². The van der Waals surface area contributed by atoms with Gasteiger partial charge in [0.25, 0.3) is 0 Å². The maximum absolute atomic E-state index is 13.0. The topological polar surface area (TPSA) is 88.3 Å². The van der Waals surface area contributed by atoms with Crippen LogP contribution in [0.4, 0.5) is 10.1 Å². The van der Waals surface area contributed by atoms with E-state index >= 15 is 0 Å². The van der Waals surface area contributed by atoms with Gasteiger partial charge in [-0.15, -0.1) is 0 Å². The van der Waals surface area contributed by atoms with Crippen LogP contribution in [0.5, 0.6) is 0 Å². The predicted octanol–water partition coefficient (Wildman–Crippen LogP) is 3.91. The zero-order chi connectivity index (χ0) is 22.4. The Balaban J connectivity index is 1.45. The SMILES string of the molecule is Cc1cccc(C)c1NC(=O)CN(C)C(=O)CCCc1nc(-c2ccc(F)cc2)no1. The Morgan fingerprint density at radius 2 is 1.77 bits per heavy atom. The van der Waals surface area contributed by atoms with Crippen LogP contribution < -0.4 is 5.32 Å². The molecule has 8 heteroatoms. The number of hydrogen-bond acceptors (Lipinski definition) is 5. The fourth-order valence-corrected chi connectivity index (χ4v) is 3.15. The number of para-hydroxylation sites is 1. The Labute approximate surface area is 180 Å². The largest absolute Gasteiger partial charge is 0.339 e. The Bertz CT molecular complexity index is 1040. The molecule has 0 aliphatic heterocycles. The summed E-state index contributed by atoms with van der Waals surface area (Å²) < 4.78 is 18.2. The van der Waals surface area contributed by atoms with Crippen molar-refractivity contribution in [3.05, 3.63) is 65.3 Å². The van der Waals surface area contributed by atoms with Crippen LogP contribution in [0.2, 0.25) is 0 Å². The molecule has 2 amide bonds. The summed E-state index contributed by atoms with van der Waals surface area (Å²) in [5.41, 5.74) is 3.38. The molecule has 3 aromatic rings. The van der Waals surface area contributed by atoms with Gasteiger partial charge >= 0.3 is 0 Å². The third-order valence-corrected chi connectivity index (χ3v) is 4.90. The third kappa shape index (κ3) is 5.97. The number of aryl methyl sites for hydroxylation is 3. The van der Waals surface area contributed by atoms with Crippen LogP contribution in [0.1, 0.15) is 29.9 Å². The molecule has 0 saturated carbocycles. The van der Waals surface area contributed by atoms with Crippen molar-refractivity contribution in [1.29, 1.82) is 0 Å². The Morgan fingerprint density at radius 3 is 2.45 bits per heavy atom. The van der Waals surface area contributed by atoms with Gasteiger partial charge in [-0.25, -0.2) is 4.39 Å². The highest BCUT2D eigenvalue weighted by molar-refractivity contribution is 5.95. The van der Waals surface area contributed by atoms with Crippen LogP contribution in [-0.2, 0) is 16.0 Å². The monoisotopic (exact) mass is 424 g/mol. The van der Waals surface area contributed by atoms with E-state index in [9.17, 15) is 14.0 Å². The molecular formula is C23H25FN4O3.